The molecule has 1 heterocycles. The fourth-order valence-electron chi connectivity index (χ4n) is 2.51. The monoisotopic (exact) mass is 363 g/mol. The van der Waals surface area contributed by atoms with Crippen LogP contribution in [0.2, 0.25) is 0 Å². The predicted molar refractivity (Wildman–Crippen MR) is 83.7 cm³/mol. The number of benzene rings is 1. The van der Waals surface area contributed by atoms with Crippen LogP contribution in [0.15, 0.2) is 22.7 Å². The van der Waals surface area contributed by atoms with E-state index >= 15 is 0 Å². The van der Waals surface area contributed by atoms with E-state index in [9.17, 15) is 4.79 Å². The largest absolute Gasteiger partial charge is 0.478 e. The summed E-state index contributed by atoms with van der Waals surface area (Å²) in [5.41, 5.74) is 1.43. The zero-order chi connectivity index (χ0) is 13.8. The first-order valence-electron chi connectivity index (χ1n) is 6.36. The lowest BCUT2D eigenvalue weighted by Crippen LogP contribution is -2.32. The van der Waals surface area contributed by atoms with Crippen LogP contribution in [0.3, 0.4) is 0 Å². The average molecular weight is 365 g/mol. The second-order valence-corrected chi connectivity index (χ2v) is 5.69. The van der Waals surface area contributed by atoms with Gasteiger partial charge in [0, 0.05) is 24.2 Å². The molecule has 1 fully saturated rings. The fourth-order valence-corrected chi connectivity index (χ4v) is 3.02. The Morgan fingerprint density at radius 3 is 2.90 bits per heavy atom. The average Bonchev–Trinajstić information content (AvgIpc) is 2.79. The van der Waals surface area contributed by atoms with E-state index in [0.717, 1.165) is 29.7 Å². The van der Waals surface area contributed by atoms with Crippen molar-refractivity contribution >= 4 is 34.3 Å². The number of hydrogen-bond acceptors (Lipinski definition) is 3. The van der Waals surface area contributed by atoms with Gasteiger partial charge in [-0.05, 0) is 37.1 Å². The molecule has 1 aliphatic rings. The van der Waals surface area contributed by atoms with Gasteiger partial charge in [0.1, 0.15) is 0 Å². The summed E-state index contributed by atoms with van der Waals surface area (Å²) >= 11 is 3.46. The summed E-state index contributed by atoms with van der Waals surface area (Å²) in [5, 5.41) is 8.95. The molecule has 0 amide bonds. The zero-order valence-electron chi connectivity index (χ0n) is 11.3. The number of hydrogen-bond donors (Lipinski definition) is 1. The topological polar surface area (TPSA) is 49.8 Å². The van der Waals surface area contributed by atoms with Crippen LogP contribution < -0.4 is 0 Å². The molecule has 0 radical (unpaired) electrons. The smallest absolute Gasteiger partial charge is 0.335 e. The summed E-state index contributed by atoms with van der Waals surface area (Å²) < 4.78 is 6.10. The molecule has 6 heteroatoms. The van der Waals surface area contributed by atoms with Crippen LogP contribution in [-0.2, 0) is 11.3 Å². The van der Waals surface area contributed by atoms with Crippen molar-refractivity contribution in [2.45, 2.75) is 25.4 Å². The Morgan fingerprint density at radius 1 is 1.55 bits per heavy atom. The van der Waals surface area contributed by atoms with Crippen LogP contribution in [0.4, 0.5) is 0 Å². The van der Waals surface area contributed by atoms with Crippen molar-refractivity contribution in [1.29, 1.82) is 0 Å². The third kappa shape index (κ3) is 4.19. The number of halogens is 2. The minimum Gasteiger partial charge on any atom is -0.478 e. The van der Waals surface area contributed by atoms with Crippen LogP contribution in [0.5, 0.6) is 0 Å². The van der Waals surface area contributed by atoms with Gasteiger partial charge in [0.05, 0.1) is 12.2 Å². The van der Waals surface area contributed by atoms with E-state index in [0.29, 0.717) is 11.6 Å². The van der Waals surface area contributed by atoms with Crippen molar-refractivity contribution in [3.8, 4) is 0 Å². The van der Waals surface area contributed by atoms with Crippen molar-refractivity contribution in [2.75, 3.05) is 20.3 Å². The molecule has 0 aliphatic carbocycles. The van der Waals surface area contributed by atoms with Crippen LogP contribution in [0.25, 0.3) is 0 Å². The van der Waals surface area contributed by atoms with E-state index in [1.165, 1.54) is 12.8 Å². The van der Waals surface area contributed by atoms with Gasteiger partial charge in [0.25, 0.3) is 0 Å². The zero-order valence-corrected chi connectivity index (χ0v) is 13.7. The van der Waals surface area contributed by atoms with Crippen molar-refractivity contribution in [3.05, 3.63) is 33.8 Å². The van der Waals surface area contributed by atoms with Gasteiger partial charge in [-0.3, -0.25) is 4.90 Å². The summed E-state index contributed by atoms with van der Waals surface area (Å²) in [7, 11) is 1.73. The minimum absolute atomic E-state index is 0. The van der Waals surface area contributed by atoms with Crippen molar-refractivity contribution in [3.63, 3.8) is 0 Å². The maximum Gasteiger partial charge on any atom is 0.335 e. The molecule has 1 aromatic carbocycles. The van der Waals surface area contributed by atoms with E-state index < -0.39 is 5.97 Å². The lowest BCUT2D eigenvalue weighted by Gasteiger charge is -2.24. The van der Waals surface area contributed by atoms with E-state index in [1.807, 2.05) is 6.07 Å². The van der Waals surface area contributed by atoms with E-state index in [1.54, 1.807) is 19.2 Å². The Balaban J connectivity index is 0.00000200. The highest BCUT2D eigenvalue weighted by Gasteiger charge is 2.24. The molecule has 1 aliphatic heterocycles. The molecule has 1 N–H and O–H groups in total. The third-order valence-electron chi connectivity index (χ3n) is 3.53. The van der Waals surface area contributed by atoms with Crippen LogP contribution in [-0.4, -0.2) is 42.3 Å². The van der Waals surface area contributed by atoms with E-state index in [2.05, 4.69) is 20.8 Å². The highest BCUT2D eigenvalue weighted by atomic mass is 79.9. The Bertz CT molecular complexity index is 470. The molecular weight excluding hydrogens is 346 g/mol. The highest BCUT2D eigenvalue weighted by molar-refractivity contribution is 9.10. The first kappa shape index (κ1) is 17.4. The molecule has 0 unspecified atom stereocenters. The molecule has 1 atom stereocenters. The van der Waals surface area contributed by atoms with Crippen molar-refractivity contribution in [2.24, 2.45) is 0 Å². The molecule has 1 saturated heterocycles. The molecule has 0 spiro atoms. The number of methoxy groups -OCH3 is 1. The van der Waals surface area contributed by atoms with Gasteiger partial charge in [0.2, 0.25) is 0 Å². The number of carboxylic acid groups (broad SMARTS) is 1. The third-order valence-corrected chi connectivity index (χ3v) is 4.27. The summed E-state index contributed by atoms with van der Waals surface area (Å²) in [6.45, 7) is 2.65. The van der Waals surface area contributed by atoms with Crippen LogP contribution in [0.1, 0.15) is 28.8 Å². The van der Waals surface area contributed by atoms with Gasteiger partial charge in [-0.2, -0.15) is 0 Å². The molecule has 2 rings (SSSR count). The van der Waals surface area contributed by atoms with Gasteiger partial charge in [-0.1, -0.05) is 22.0 Å². The maximum atomic E-state index is 10.9. The molecule has 0 aromatic heterocycles. The highest BCUT2D eigenvalue weighted by Crippen LogP contribution is 2.25. The van der Waals surface area contributed by atoms with Crippen LogP contribution >= 0.6 is 28.3 Å². The summed E-state index contributed by atoms with van der Waals surface area (Å²) in [4.78, 5) is 13.3. The molecule has 4 nitrogen and oxygen atoms in total. The van der Waals surface area contributed by atoms with Crippen molar-refractivity contribution in [1.82, 2.24) is 4.90 Å². The summed E-state index contributed by atoms with van der Waals surface area (Å²) in [5.74, 6) is -0.898. The van der Waals surface area contributed by atoms with Gasteiger partial charge in [-0.25, -0.2) is 4.79 Å². The molecule has 112 valence electrons. The van der Waals surface area contributed by atoms with Crippen LogP contribution in [0, 0.1) is 0 Å². The second kappa shape index (κ2) is 7.98. The quantitative estimate of drug-likeness (QED) is 0.872. The summed E-state index contributed by atoms with van der Waals surface area (Å²) in [6.07, 6.45) is 2.36. The Kier molecular flexibility index (Phi) is 6.95. The molecule has 0 saturated carbocycles. The predicted octanol–water partition coefficient (Wildman–Crippen LogP) is 3.18. The molecule has 20 heavy (non-hydrogen) atoms. The Labute approximate surface area is 133 Å². The SMILES string of the molecule is COC[C@@H]1CCCN1Cc1ccc(C(=O)O)cc1Br.Cl. The minimum atomic E-state index is -0.898. The maximum absolute atomic E-state index is 10.9. The molecule has 0 bridgehead atoms. The van der Waals surface area contributed by atoms with E-state index in [-0.39, 0.29) is 12.4 Å². The number of rotatable bonds is 5. The van der Waals surface area contributed by atoms with Gasteiger partial charge < -0.3 is 9.84 Å². The first-order chi connectivity index (χ1) is 9.11. The normalized spacial score (nSPS) is 18.8. The van der Waals surface area contributed by atoms with E-state index in [4.69, 9.17) is 9.84 Å². The number of nitrogens with zero attached hydrogens (tertiary/aromatic N) is 1. The number of aromatic carboxylic acids is 1. The number of carboxylic acids is 1. The van der Waals surface area contributed by atoms with Gasteiger partial charge >= 0.3 is 5.97 Å². The fraction of sp³-hybridized carbons (Fsp3) is 0.500. The number of ether oxygens (including phenoxy) is 1. The standard InChI is InChI=1S/C14H18BrNO3.ClH/c1-19-9-12-3-2-6-16(12)8-11-5-4-10(14(17)18)7-13(11)15;/h4-5,7,12H,2-3,6,8-9H2,1H3,(H,17,18);1H/t12-;/m0./s1. The lowest BCUT2D eigenvalue weighted by atomic mass is 10.1. The molecule has 1 aromatic rings. The number of likely N-dealkylation sites (tertiary alicyclic amines) is 1. The van der Waals surface area contributed by atoms with Gasteiger partial charge in [-0.15, -0.1) is 12.4 Å². The first-order valence-corrected chi connectivity index (χ1v) is 7.16. The second-order valence-electron chi connectivity index (χ2n) is 4.83. The lowest BCUT2D eigenvalue weighted by molar-refractivity contribution is 0.0696. The molecular formula is C14H19BrClNO3. The summed E-state index contributed by atoms with van der Waals surface area (Å²) in [6, 6.07) is 5.68. The Morgan fingerprint density at radius 2 is 2.30 bits per heavy atom. The van der Waals surface area contributed by atoms with Gasteiger partial charge in [0.15, 0.2) is 0 Å². The van der Waals surface area contributed by atoms with Crippen molar-refractivity contribution < 1.29 is 14.6 Å². The Hall–Kier alpha value is -0.620. The number of carbonyl (C=O) groups is 1.